The second kappa shape index (κ2) is 3.56. The van der Waals surface area contributed by atoms with Crippen molar-refractivity contribution >= 4 is 0 Å². The molecular weight excluding hydrogens is 190 g/mol. The fourth-order valence-electron chi connectivity index (χ4n) is 2.53. The topological polar surface area (TPSA) is 66.5 Å². The quantitative estimate of drug-likeness (QED) is 0.720. The van der Waals surface area contributed by atoms with Gasteiger partial charge in [-0.2, -0.15) is 5.21 Å². The molecule has 1 aromatic rings. The number of tetrazole rings is 1. The Morgan fingerprint density at radius 2 is 1.87 bits per heavy atom. The molecule has 1 saturated heterocycles. The average Bonchev–Trinajstić information content (AvgIpc) is 2.70. The van der Waals surface area contributed by atoms with Gasteiger partial charge in [-0.3, -0.25) is 0 Å². The van der Waals surface area contributed by atoms with Crippen LogP contribution in [-0.2, 0) is 5.41 Å². The number of nitrogens with zero attached hydrogens (tertiary/aromatic N) is 3. The van der Waals surface area contributed by atoms with Gasteiger partial charge in [-0.05, 0) is 31.3 Å². The van der Waals surface area contributed by atoms with Gasteiger partial charge in [-0.15, -0.1) is 10.2 Å². The molecule has 0 aliphatic carbocycles. The third kappa shape index (κ3) is 1.65. The summed E-state index contributed by atoms with van der Waals surface area (Å²) in [5, 5.41) is 18.1. The third-order valence-corrected chi connectivity index (χ3v) is 3.67. The number of rotatable bonds is 1. The molecule has 0 unspecified atom stereocenters. The van der Waals surface area contributed by atoms with Crippen molar-refractivity contribution in [1.82, 2.24) is 25.9 Å². The molecule has 84 valence electrons. The summed E-state index contributed by atoms with van der Waals surface area (Å²) in [5.74, 6) is 0.872. The highest BCUT2D eigenvalue weighted by Gasteiger charge is 2.47. The van der Waals surface area contributed by atoms with Crippen LogP contribution in [0.15, 0.2) is 0 Å². The minimum absolute atomic E-state index is 0.0608. The monoisotopic (exact) mass is 209 g/mol. The van der Waals surface area contributed by atoms with E-state index in [1.54, 1.807) is 0 Å². The van der Waals surface area contributed by atoms with Gasteiger partial charge < -0.3 is 5.32 Å². The molecule has 1 fully saturated rings. The largest absolute Gasteiger partial charge is 0.317 e. The van der Waals surface area contributed by atoms with Crippen LogP contribution >= 0.6 is 0 Å². The summed E-state index contributed by atoms with van der Waals surface area (Å²) in [5.41, 5.74) is 0.226. The number of aromatic amines is 1. The Morgan fingerprint density at radius 3 is 2.33 bits per heavy atom. The van der Waals surface area contributed by atoms with E-state index in [2.05, 4.69) is 46.7 Å². The molecule has 2 N–H and O–H groups in total. The predicted octanol–water partition coefficient (Wildman–Crippen LogP) is 0.867. The Kier molecular flexibility index (Phi) is 2.50. The van der Waals surface area contributed by atoms with Crippen LogP contribution in [0, 0.1) is 5.41 Å². The minimum atomic E-state index is 0.0608. The Labute approximate surface area is 90.0 Å². The van der Waals surface area contributed by atoms with Gasteiger partial charge in [0.15, 0.2) is 5.82 Å². The van der Waals surface area contributed by atoms with Crippen molar-refractivity contribution in [3.8, 4) is 0 Å². The number of piperidine rings is 1. The molecule has 0 amide bonds. The third-order valence-electron chi connectivity index (χ3n) is 3.67. The standard InChI is InChI=1S/C10H19N5/c1-9(2,3)10(4-6-11-7-5-10)8-12-14-15-13-8/h11H,4-7H2,1-3H3,(H,12,13,14,15). The summed E-state index contributed by atoms with van der Waals surface area (Å²) < 4.78 is 0. The Bertz CT molecular complexity index is 305. The average molecular weight is 209 g/mol. The highest BCUT2D eigenvalue weighted by molar-refractivity contribution is 5.13. The molecule has 5 nitrogen and oxygen atoms in total. The zero-order valence-corrected chi connectivity index (χ0v) is 9.67. The SMILES string of the molecule is CC(C)(C)C1(c2nn[nH]n2)CCNCC1. The van der Waals surface area contributed by atoms with Crippen LogP contribution in [0.5, 0.6) is 0 Å². The molecule has 1 aromatic heterocycles. The molecule has 0 radical (unpaired) electrons. The van der Waals surface area contributed by atoms with Crippen LogP contribution in [-0.4, -0.2) is 33.7 Å². The summed E-state index contributed by atoms with van der Waals surface area (Å²) in [6.07, 6.45) is 2.16. The number of aromatic nitrogens is 4. The van der Waals surface area contributed by atoms with Gasteiger partial charge in [0, 0.05) is 5.41 Å². The molecule has 2 heterocycles. The molecule has 5 heteroatoms. The lowest BCUT2D eigenvalue weighted by Crippen LogP contribution is -2.49. The number of hydrogen-bond donors (Lipinski definition) is 2. The van der Waals surface area contributed by atoms with Gasteiger partial charge in [0.2, 0.25) is 0 Å². The van der Waals surface area contributed by atoms with E-state index in [4.69, 9.17) is 0 Å². The van der Waals surface area contributed by atoms with Crippen molar-refractivity contribution in [3.05, 3.63) is 5.82 Å². The molecule has 1 aliphatic rings. The second-order valence-corrected chi connectivity index (χ2v) is 5.32. The van der Waals surface area contributed by atoms with Crippen molar-refractivity contribution in [2.24, 2.45) is 5.41 Å². The number of nitrogens with one attached hydrogen (secondary N) is 2. The molecule has 0 atom stereocenters. The first-order valence-corrected chi connectivity index (χ1v) is 5.51. The first kappa shape index (κ1) is 10.5. The molecule has 0 spiro atoms. The summed E-state index contributed by atoms with van der Waals surface area (Å²) in [4.78, 5) is 0. The van der Waals surface area contributed by atoms with E-state index in [0.717, 1.165) is 31.8 Å². The van der Waals surface area contributed by atoms with Gasteiger partial charge in [0.1, 0.15) is 0 Å². The molecule has 0 bridgehead atoms. The fraction of sp³-hybridized carbons (Fsp3) is 0.900. The van der Waals surface area contributed by atoms with Crippen LogP contribution in [0.4, 0.5) is 0 Å². The maximum absolute atomic E-state index is 4.20. The zero-order valence-electron chi connectivity index (χ0n) is 9.67. The van der Waals surface area contributed by atoms with Crippen molar-refractivity contribution in [2.75, 3.05) is 13.1 Å². The van der Waals surface area contributed by atoms with Crippen molar-refractivity contribution in [2.45, 2.75) is 39.0 Å². The highest BCUT2D eigenvalue weighted by Crippen LogP contribution is 2.46. The Balaban J connectivity index is 2.39. The maximum Gasteiger partial charge on any atom is 0.181 e. The van der Waals surface area contributed by atoms with Crippen LogP contribution in [0.3, 0.4) is 0 Å². The van der Waals surface area contributed by atoms with E-state index in [0.29, 0.717) is 0 Å². The molecule has 0 saturated carbocycles. The van der Waals surface area contributed by atoms with Gasteiger partial charge in [-0.25, -0.2) is 0 Å². The van der Waals surface area contributed by atoms with Crippen molar-refractivity contribution in [1.29, 1.82) is 0 Å². The van der Waals surface area contributed by atoms with Crippen LogP contribution in [0.2, 0.25) is 0 Å². The molecular formula is C10H19N5. The normalized spacial score (nSPS) is 21.5. The summed E-state index contributed by atoms with van der Waals surface area (Å²) in [6, 6.07) is 0. The molecule has 2 rings (SSSR count). The lowest BCUT2D eigenvalue weighted by molar-refractivity contribution is 0.124. The number of H-pyrrole nitrogens is 1. The van der Waals surface area contributed by atoms with Crippen LogP contribution < -0.4 is 5.32 Å². The van der Waals surface area contributed by atoms with E-state index >= 15 is 0 Å². The van der Waals surface area contributed by atoms with Gasteiger partial charge >= 0.3 is 0 Å². The van der Waals surface area contributed by atoms with E-state index in [1.165, 1.54) is 0 Å². The van der Waals surface area contributed by atoms with E-state index in [1.807, 2.05) is 0 Å². The first-order valence-electron chi connectivity index (χ1n) is 5.51. The Hall–Kier alpha value is -0.970. The molecule has 15 heavy (non-hydrogen) atoms. The maximum atomic E-state index is 4.20. The number of hydrogen-bond acceptors (Lipinski definition) is 4. The second-order valence-electron chi connectivity index (χ2n) is 5.32. The fourth-order valence-corrected chi connectivity index (χ4v) is 2.53. The minimum Gasteiger partial charge on any atom is -0.317 e. The van der Waals surface area contributed by atoms with Crippen molar-refractivity contribution < 1.29 is 0 Å². The van der Waals surface area contributed by atoms with Gasteiger partial charge in [0.05, 0.1) is 0 Å². The smallest absolute Gasteiger partial charge is 0.181 e. The summed E-state index contributed by atoms with van der Waals surface area (Å²) >= 11 is 0. The lowest BCUT2D eigenvalue weighted by atomic mass is 9.61. The van der Waals surface area contributed by atoms with Crippen molar-refractivity contribution in [3.63, 3.8) is 0 Å². The lowest BCUT2D eigenvalue weighted by Gasteiger charge is -2.45. The van der Waals surface area contributed by atoms with Gasteiger partial charge in [0.25, 0.3) is 0 Å². The van der Waals surface area contributed by atoms with E-state index in [9.17, 15) is 0 Å². The highest BCUT2D eigenvalue weighted by atomic mass is 15.5. The zero-order chi connectivity index (χ0) is 10.9. The van der Waals surface area contributed by atoms with Gasteiger partial charge in [-0.1, -0.05) is 26.0 Å². The first-order chi connectivity index (χ1) is 7.06. The van der Waals surface area contributed by atoms with Crippen LogP contribution in [0.25, 0.3) is 0 Å². The van der Waals surface area contributed by atoms with E-state index < -0.39 is 0 Å². The Morgan fingerprint density at radius 1 is 1.20 bits per heavy atom. The molecule has 1 aliphatic heterocycles. The summed E-state index contributed by atoms with van der Waals surface area (Å²) in [7, 11) is 0. The van der Waals surface area contributed by atoms with Crippen LogP contribution in [0.1, 0.15) is 39.4 Å². The predicted molar refractivity (Wildman–Crippen MR) is 57.4 cm³/mol. The summed E-state index contributed by atoms with van der Waals surface area (Å²) in [6.45, 7) is 8.84. The molecule has 0 aromatic carbocycles. The van der Waals surface area contributed by atoms with E-state index in [-0.39, 0.29) is 10.8 Å².